The Morgan fingerprint density at radius 2 is 2.16 bits per heavy atom. The molecule has 0 aromatic heterocycles. The van der Waals surface area contributed by atoms with E-state index in [9.17, 15) is 8.42 Å². The Labute approximate surface area is 113 Å². The second-order valence-electron chi connectivity index (χ2n) is 4.30. The summed E-state index contributed by atoms with van der Waals surface area (Å²) in [7, 11) is -2.24. The molecule has 1 aromatic carbocycles. The molecule has 0 aliphatic heterocycles. The molecule has 0 saturated carbocycles. The van der Waals surface area contributed by atoms with Crippen molar-refractivity contribution in [2.24, 2.45) is 0 Å². The number of hydrogen-bond donors (Lipinski definition) is 3. The molecule has 1 unspecified atom stereocenters. The van der Waals surface area contributed by atoms with Gasteiger partial charge in [-0.2, -0.15) is 0 Å². The molecule has 1 rings (SSSR count). The van der Waals surface area contributed by atoms with E-state index < -0.39 is 16.1 Å². The summed E-state index contributed by atoms with van der Waals surface area (Å²) < 4.78 is 31.6. The summed E-state index contributed by atoms with van der Waals surface area (Å²) in [6, 6.07) is 4.38. The maximum absolute atomic E-state index is 12.1. The van der Waals surface area contributed by atoms with Gasteiger partial charge in [-0.15, -0.1) is 0 Å². The minimum absolute atomic E-state index is 0.0567. The molecule has 6 nitrogen and oxygen atoms in total. The molecule has 19 heavy (non-hydrogen) atoms. The van der Waals surface area contributed by atoms with E-state index in [4.69, 9.17) is 15.6 Å². The molecule has 0 radical (unpaired) electrons. The fourth-order valence-corrected chi connectivity index (χ4v) is 2.81. The van der Waals surface area contributed by atoms with E-state index in [1.54, 1.807) is 6.92 Å². The largest absolute Gasteiger partial charge is 0.495 e. The van der Waals surface area contributed by atoms with Crippen LogP contribution in [0.15, 0.2) is 23.1 Å². The van der Waals surface area contributed by atoms with E-state index in [2.05, 4.69) is 4.72 Å². The molecule has 108 valence electrons. The second-order valence-corrected chi connectivity index (χ2v) is 6.03. The predicted octanol–water partition coefficient (Wildman–Crippen LogP) is 0.717. The number of nitrogen functional groups attached to an aromatic ring is 1. The summed E-state index contributed by atoms with van der Waals surface area (Å²) >= 11 is 0. The first-order chi connectivity index (χ1) is 8.86. The van der Waals surface area contributed by atoms with Crippen LogP contribution < -0.4 is 15.2 Å². The van der Waals surface area contributed by atoms with Gasteiger partial charge in [-0.25, -0.2) is 13.1 Å². The Morgan fingerprint density at radius 3 is 2.74 bits per heavy atom. The van der Waals surface area contributed by atoms with Crippen molar-refractivity contribution in [3.05, 3.63) is 18.2 Å². The van der Waals surface area contributed by atoms with Gasteiger partial charge in [0.25, 0.3) is 0 Å². The van der Waals surface area contributed by atoms with Crippen molar-refractivity contribution in [2.75, 3.05) is 19.4 Å². The number of nitrogens with two attached hydrogens (primary N) is 1. The van der Waals surface area contributed by atoms with Crippen LogP contribution in [0.3, 0.4) is 0 Å². The third-order valence-electron chi connectivity index (χ3n) is 2.57. The van der Waals surface area contributed by atoms with Gasteiger partial charge in [0.15, 0.2) is 0 Å². The third-order valence-corrected chi connectivity index (χ3v) is 4.07. The minimum Gasteiger partial charge on any atom is -0.495 e. The number of aliphatic hydroxyl groups is 1. The molecular formula is C12H20N2O4S. The zero-order valence-electron chi connectivity index (χ0n) is 11.1. The number of hydrogen-bond acceptors (Lipinski definition) is 5. The quantitative estimate of drug-likeness (QED) is 0.507. The second kappa shape index (κ2) is 6.74. The van der Waals surface area contributed by atoms with E-state index in [0.29, 0.717) is 18.5 Å². The van der Waals surface area contributed by atoms with Crippen molar-refractivity contribution in [3.8, 4) is 5.75 Å². The van der Waals surface area contributed by atoms with Crippen molar-refractivity contribution < 1.29 is 18.3 Å². The monoisotopic (exact) mass is 288 g/mol. The normalized spacial score (nSPS) is 13.2. The third kappa shape index (κ3) is 4.70. The number of nitrogens with one attached hydrogen (secondary N) is 1. The Balaban J connectivity index is 2.77. The average molecular weight is 288 g/mol. The molecule has 1 aromatic rings. The summed E-state index contributed by atoms with van der Waals surface area (Å²) in [6.45, 7) is 1.93. The molecule has 0 bridgehead atoms. The lowest BCUT2D eigenvalue weighted by Gasteiger charge is -2.11. The average Bonchev–Trinajstić information content (AvgIpc) is 2.34. The highest BCUT2D eigenvalue weighted by Gasteiger charge is 2.18. The zero-order valence-corrected chi connectivity index (χ0v) is 11.9. The molecule has 0 heterocycles. The molecule has 1 atom stereocenters. The van der Waals surface area contributed by atoms with Crippen molar-refractivity contribution in [1.82, 2.24) is 4.72 Å². The maximum atomic E-state index is 12.1. The first kappa shape index (κ1) is 15.7. The van der Waals surface area contributed by atoms with Crippen molar-refractivity contribution in [3.63, 3.8) is 0 Å². The Hall–Kier alpha value is -1.31. The number of anilines is 1. The molecule has 0 aliphatic carbocycles. The fraction of sp³-hybridized carbons (Fsp3) is 0.500. The lowest BCUT2D eigenvalue weighted by molar-refractivity contribution is 0.182. The van der Waals surface area contributed by atoms with Gasteiger partial charge in [-0.1, -0.05) is 0 Å². The molecule has 0 spiro atoms. The number of ether oxygens (including phenoxy) is 1. The van der Waals surface area contributed by atoms with Gasteiger partial charge >= 0.3 is 0 Å². The first-order valence-electron chi connectivity index (χ1n) is 5.98. The van der Waals surface area contributed by atoms with Crippen LogP contribution in [0.1, 0.15) is 19.8 Å². The molecule has 0 aliphatic rings. The fourth-order valence-electron chi connectivity index (χ4n) is 1.59. The Bertz CT molecular complexity index is 514. The summed E-state index contributed by atoms with van der Waals surface area (Å²) in [5, 5.41) is 9.10. The van der Waals surface area contributed by atoms with Crippen LogP contribution in [0.4, 0.5) is 5.69 Å². The maximum Gasteiger partial charge on any atom is 0.244 e. The zero-order chi connectivity index (χ0) is 14.5. The van der Waals surface area contributed by atoms with Gasteiger partial charge in [0.1, 0.15) is 10.6 Å². The van der Waals surface area contributed by atoms with E-state index in [1.807, 2.05) is 0 Å². The van der Waals surface area contributed by atoms with Crippen LogP contribution in [0.2, 0.25) is 0 Å². The number of aliphatic hydroxyl groups excluding tert-OH is 1. The SMILES string of the molecule is COc1cc(N)ccc1S(=O)(=O)NCCCC(C)O. The highest BCUT2D eigenvalue weighted by atomic mass is 32.2. The number of benzene rings is 1. The van der Waals surface area contributed by atoms with E-state index in [1.165, 1.54) is 25.3 Å². The predicted molar refractivity (Wildman–Crippen MR) is 73.5 cm³/mol. The number of methoxy groups -OCH3 is 1. The van der Waals surface area contributed by atoms with Crippen LogP contribution in [0, 0.1) is 0 Å². The standard InChI is InChI=1S/C12H20N2O4S/c1-9(15)4-3-7-14-19(16,17)12-6-5-10(13)8-11(12)18-2/h5-6,8-9,14-15H,3-4,7,13H2,1-2H3. The lowest BCUT2D eigenvalue weighted by atomic mass is 10.2. The molecular weight excluding hydrogens is 268 g/mol. The number of sulfonamides is 1. The first-order valence-corrected chi connectivity index (χ1v) is 7.46. The van der Waals surface area contributed by atoms with Gasteiger partial charge < -0.3 is 15.6 Å². The van der Waals surface area contributed by atoms with E-state index in [-0.39, 0.29) is 17.2 Å². The van der Waals surface area contributed by atoms with Crippen LogP contribution in [-0.2, 0) is 10.0 Å². The molecule has 0 amide bonds. The van der Waals surface area contributed by atoms with Gasteiger partial charge in [0.2, 0.25) is 10.0 Å². The highest BCUT2D eigenvalue weighted by molar-refractivity contribution is 7.89. The molecule has 4 N–H and O–H groups in total. The van der Waals surface area contributed by atoms with Crippen molar-refractivity contribution in [1.29, 1.82) is 0 Å². The number of rotatable bonds is 7. The minimum atomic E-state index is -3.63. The summed E-state index contributed by atoms with van der Waals surface area (Å²) in [5.41, 5.74) is 6.01. The van der Waals surface area contributed by atoms with Crippen LogP contribution in [0.25, 0.3) is 0 Å². The van der Waals surface area contributed by atoms with Crippen LogP contribution >= 0.6 is 0 Å². The summed E-state index contributed by atoms with van der Waals surface area (Å²) in [6.07, 6.45) is 0.672. The van der Waals surface area contributed by atoms with Gasteiger partial charge in [0.05, 0.1) is 13.2 Å². The van der Waals surface area contributed by atoms with Gasteiger partial charge in [0, 0.05) is 18.3 Å². The van der Waals surface area contributed by atoms with Crippen LogP contribution in [0.5, 0.6) is 5.75 Å². The molecule has 0 saturated heterocycles. The van der Waals surface area contributed by atoms with Crippen LogP contribution in [-0.4, -0.2) is 33.3 Å². The van der Waals surface area contributed by atoms with E-state index in [0.717, 1.165) is 0 Å². The lowest BCUT2D eigenvalue weighted by Crippen LogP contribution is -2.25. The summed E-state index contributed by atoms with van der Waals surface area (Å²) in [4.78, 5) is 0.0567. The molecule has 0 fully saturated rings. The Morgan fingerprint density at radius 1 is 1.47 bits per heavy atom. The van der Waals surface area contributed by atoms with Crippen molar-refractivity contribution >= 4 is 15.7 Å². The summed E-state index contributed by atoms with van der Waals surface area (Å²) in [5.74, 6) is 0.211. The van der Waals surface area contributed by atoms with Gasteiger partial charge in [-0.05, 0) is 31.9 Å². The smallest absolute Gasteiger partial charge is 0.244 e. The topological polar surface area (TPSA) is 102 Å². The highest BCUT2D eigenvalue weighted by Crippen LogP contribution is 2.25. The molecule has 7 heteroatoms. The van der Waals surface area contributed by atoms with E-state index >= 15 is 0 Å². The van der Waals surface area contributed by atoms with Crippen molar-refractivity contribution in [2.45, 2.75) is 30.8 Å². The Kier molecular flexibility index (Phi) is 5.59. The van der Waals surface area contributed by atoms with Gasteiger partial charge in [-0.3, -0.25) is 0 Å².